The van der Waals surface area contributed by atoms with E-state index in [4.69, 9.17) is 0 Å². The fraction of sp³-hybridized carbons (Fsp3) is 0.0625. The highest BCUT2D eigenvalue weighted by atomic mass is 19.1. The molecule has 8 nitrogen and oxygen atoms in total. The minimum atomic E-state index is -0.534. The van der Waals surface area contributed by atoms with E-state index in [9.17, 15) is 9.18 Å². The third-order valence-corrected chi connectivity index (χ3v) is 3.53. The highest BCUT2D eigenvalue weighted by molar-refractivity contribution is 5.89. The Morgan fingerprint density at radius 1 is 1.20 bits per heavy atom. The first-order valence-electron chi connectivity index (χ1n) is 7.41. The van der Waals surface area contributed by atoms with E-state index < -0.39 is 5.95 Å². The Morgan fingerprint density at radius 3 is 2.84 bits per heavy atom. The average Bonchev–Trinajstić information content (AvgIpc) is 3.23. The second kappa shape index (κ2) is 6.11. The van der Waals surface area contributed by atoms with Crippen molar-refractivity contribution < 1.29 is 9.18 Å². The number of carbonyl (C=O) groups is 1. The summed E-state index contributed by atoms with van der Waals surface area (Å²) in [6.07, 6.45) is 8.03. The second-order valence-corrected chi connectivity index (χ2v) is 5.31. The van der Waals surface area contributed by atoms with Crippen molar-refractivity contribution >= 4 is 17.5 Å². The highest BCUT2D eigenvalue weighted by Crippen LogP contribution is 2.19. The van der Waals surface area contributed by atoms with Gasteiger partial charge in [0.15, 0.2) is 5.65 Å². The number of carbonyl (C=O) groups excluding carboxylic acids is 1. The summed E-state index contributed by atoms with van der Waals surface area (Å²) >= 11 is 0. The van der Waals surface area contributed by atoms with E-state index in [0.717, 1.165) is 11.1 Å². The number of halogens is 1. The topological polar surface area (TPSA) is 90.0 Å². The van der Waals surface area contributed by atoms with Gasteiger partial charge in [-0.3, -0.25) is 10.1 Å². The van der Waals surface area contributed by atoms with E-state index in [2.05, 4.69) is 25.4 Å². The van der Waals surface area contributed by atoms with Crippen LogP contribution in [0.2, 0.25) is 0 Å². The van der Waals surface area contributed by atoms with Crippen molar-refractivity contribution in [3.05, 3.63) is 61.3 Å². The molecule has 25 heavy (non-hydrogen) atoms. The molecule has 0 atom stereocenters. The lowest BCUT2D eigenvalue weighted by molar-refractivity contribution is -0.116. The van der Waals surface area contributed by atoms with Crippen LogP contribution in [-0.2, 0) is 11.3 Å². The van der Waals surface area contributed by atoms with Crippen LogP contribution in [-0.4, -0.2) is 35.0 Å². The van der Waals surface area contributed by atoms with Gasteiger partial charge in [0.1, 0.15) is 6.54 Å². The Morgan fingerprint density at radius 2 is 2.08 bits per heavy atom. The van der Waals surface area contributed by atoms with E-state index in [1.54, 1.807) is 46.1 Å². The summed E-state index contributed by atoms with van der Waals surface area (Å²) in [5, 5.41) is 6.88. The summed E-state index contributed by atoms with van der Waals surface area (Å²) in [5.74, 6) is -0.579. The first-order valence-corrected chi connectivity index (χ1v) is 7.41. The maximum Gasteiger partial charge on any atom is 0.249 e. The third-order valence-electron chi connectivity index (χ3n) is 3.53. The molecule has 0 spiro atoms. The minimum Gasteiger partial charge on any atom is -0.328 e. The highest BCUT2D eigenvalue weighted by Gasteiger charge is 2.09. The van der Waals surface area contributed by atoms with E-state index in [1.165, 1.54) is 12.3 Å². The molecule has 9 heteroatoms. The summed E-state index contributed by atoms with van der Waals surface area (Å²) in [7, 11) is 0. The summed E-state index contributed by atoms with van der Waals surface area (Å²) in [6, 6.07) is 6.52. The number of nitrogens with one attached hydrogen (secondary N) is 1. The largest absolute Gasteiger partial charge is 0.328 e. The average molecular weight is 337 g/mol. The van der Waals surface area contributed by atoms with Crippen molar-refractivity contribution in [3.63, 3.8) is 0 Å². The second-order valence-electron chi connectivity index (χ2n) is 5.31. The van der Waals surface area contributed by atoms with Crippen LogP contribution in [0.4, 0.5) is 10.3 Å². The molecule has 0 aliphatic rings. The fourth-order valence-electron chi connectivity index (χ4n) is 2.36. The zero-order valence-corrected chi connectivity index (χ0v) is 12.9. The van der Waals surface area contributed by atoms with Crippen LogP contribution < -0.4 is 5.32 Å². The van der Waals surface area contributed by atoms with Crippen molar-refractivity contribution in [3.8, 4) is 11.1 Å². The number of anilines is 1. The molecule has 0 fully saturated rings. The summed E-state index contributed by atoms with van der Waals surface area (Å²) in [4.78, 5) is 23.8. The summed E-state index contributed by atoms with van der Waals surface area (Å²) in [6.45, 7) is 0.127. The van der Waals surface area contributed by atoms with Gasteiger partial charge in [-0.15, -0.1) is 5.10 Å². The van der Waals surface area contributed by atoms with Crippen LogP contribution in [0.25, 0.3) is 16.8 Å². The lowest BCUT2D eigenvalue weighted by Gasteiger charge is -2.01. The van der Waals surface area contributed by atoms with Gasteiger partial charge in [-0.25, -0.2) is 14.5 Å². The number of aromatic nitrogens is 6. The summed E-state index contributed by atoms with van der Waals surface area (Å²) in [5.41, 5.74) is 2.14. The van der Waals surface area contributed by atoms with Gasteiger partial charge in [0.25, 0.3) is 0 Å². The number of rotatable bonds is 4. The molecule has 0 saturated carbocycles. The molecule has 0 aliphatic carbocycles. The molecule has 4 aromatic rings. The minimum absolute atomic E-state index is 0.127. The van der Waals surface area contributed by atoms with Crippen LogP contribution in [0.3, 0.4) is 0 Å². The fourth-order valence-corrected chi connectivity index (χ4v) is 2.36. The monoisotopic (exact) mass is 337 g/mol. The van der Waals surface area contributed by atoms with Gasteiger partial charge in [0, 0.05) is 35.9 Å². The van der Waals surface area contributed by atoms with Crippen molar-refractivity contribution in [1.29, 1.82) is 0 Å². The molecule has 4 aromatic heterocycles. The van der Waals surface area contributed by atoms with Gasteiger partial charge in [-0.2, -0.15) is 9.37 Å². The van der Waals surface area contributed by atoms with Gasteiger partial charge in [-0.1, -0.05) is 0 Å². The molecule has 1 amide bonds. The molecular formula is C16H12FN7O. The van der Waals surface area contributed by atoms with Crippen molar-refractivity contribution in [1.82, 2.24) is 29.1 Å². The molecular weight excluding hydrogens is 325 g/mol. The van der Waals surface area contributed by atoms with Crippen LogP contribution in [0.5, 0.6) is 0 Å². The first-order chi connectivity index (χ1) is 12.2. The zero-order chi connectivity index (χ0) is 17.2. The number of hydrogen-bond acceptors (Lipinski definition) is 5. The lowest BCUT2D eigenvalue weighted by atomic mass is 10.1. The van der Waals surface area contributed by atoms with Gasteiger partial charge < -0.3 is 4.57 Å². The number of fused-ring (bicyclic) bond motifs is 1. The number of pyridine rings is 2. The van der Waals surface area contributed by atoms with Crippen LogP contribution in [0, 0.1) is 5.95 Å². The van der Waals surface area contributed by atoms with Crippen LogP contribution in [0.15, 0.2) is 55.4 Å². The number of hydrogen-bond donors (Lipinski definition) is 1. The maximum atomic E-state index is 12.9. The molecule has 0 aliphatic heterocycles. The Labute approximate surface area is 141 Å². The molecule has 0 bridgehead atoms. The van der Waals surface area contributed by atoms with Crippen molar-refractivity contribution in [2.24, 2.45) is 0 Å². The lowest BCUT2D eigenvalue weighted by Crippen LogP contribution is -2.18. The quantitative estimate of drug-likeness (QED) is 0.573. The van der Waals surface area contributed by atoms with Crippen molar-refractivity contribution in [2.75, 3.05) is 5.32 Å². The van der Waals surface area contributed by atoms with Gasteiger partial charge in [0.2, 0.25) is 17.8 Å². The normalized spacial score (nSPS) is 10.9. The summed E-state index contributed by atoms with van der Waals surface area (Å²) < 4.78 is 16.1. The van der Waals surface area contributed by atoms with Crippen molar-refractivity contribution in [2.45, 2.75) is 6.54 Å². The molecule has 1 N–H and O–H groups in total. The van der Waals surface area contributed by atoms with E-state index in [0.29, 0.717) is 5.65 Å². The molecule has 0 saturated heterocycles. The van der Waals surface area contributed by atoms with Crippen LogP contribution >= 0.6 is 0 Å². The predicted octanol–water partition coefficient (Wildman–Crippen LogP) is 1.77. The first kappa shape index (κ1) is 14.9. The third kappa shape index (κ3) is 3.20. The Balaban J connectivity index is 1.55. The van der Waals surface area contributed by atoms with E-state index in [-0.39, 0.29) is 18.4 Å². The van der Waals surface area contributed by atoms with Gasteiger partial charge >= 0.3 is 0 Å². The van der Waals surface area contributed by atoms with Gasteiger partial charge in [0.05, 0.1) is 6.33 Å². The Hall–Kier alpha value is -3.62. The molecule has 0 unspecified atom stereocenters. The van der Waals surface area contributed by atoms with E-state index >= 15 is 0 Å². The number of imidazole rings is 1. The van der Waals surface area contributed by atoms with E-state index in [1.807, 2.05) is 6.07 Å². The Kier molecular flexibility index (Phi) is 3.65. The smallest absolute Gasteiger partial charge is 0.249 e. The zero-order valence-electron chi connectivity index (χ0n) is 12.9. The molecule has 124 valence electrons. The molecule has 4 rings (SSSR count). The number of nitrogens with zero attached hydrogens (tertiary/aromatic N) is 6. The van der Waals surface area contributed by atoms with Gasteiger partial charge in [-0.05, 0) is 24.3 Å². The standard InChI is InChI=1S/C16H12FN7O/c17-13-3-1-11(7-19-13)12-2-4-14-20-16(22-24(14)8-12)21-15(25)9-23-6-5-18-10-23/h1-8,10H,9H2,(H,21,22,25). The Bertz CT molecular complexity index is 1020. The SMILES string of the molecule is O=C(Cn1ccnc1)Nc1nc2ccc(-c3ccc(F)nc3)cn2n1. The molecule has 0 radical (unpaired) electrons. The predicted molar refractivity (Wildman–Crippen MR) is 87.0 cm³/mol. The molecule has 4 heterocycles. The molecule has 0 aromatic carbocycles. The number of amides is 1. The van der Waals surface area contributed by atoms with Crippen LogP contribution in [0.1, 0.15) is 0 Å². The maximum absolute atomic E-state index is 12.9.